The number of fused-ring (bicyclic) bond motifs is 2. The smallest absolute Gasteiger partial charge is 0.258 e. The van der Waals surface area contributed by atoms with Crippen LogP contribution >= 0.6 is 0 Å². The van der Waals surface area contributed by atoms with Crippen molar-refractivity contribution in [2.24, 2.45) is 0 Å². The quantitative estimate of drug-likeness (QED) is 0.550. The highest BCUT2D eigenvalue weighted by molar-refractivity contribution is 5.63. The topological polar surface area (TPSA) is 92.7 Å². The Balaban J connectivity index is 1.61. The second kappa shape index (κ2) is 6.63. The van der Waals surface area contributed by atoms with E-state index in [0.717, 1.165) is 30.9 Å². The zero-order valence-electron chi connectivity index (χ0n) is 16.6. The number of aromatic nitrogens is 6. The summed E-state index contributed by atoms with van der Waals surface area (Å²) in [6.45, 7) is 8.72. The third kappa shape index (κ3) is 3.13. The Morgan fingerprint density at radius 2 is 1.97 bits per heavy atom. The monoisotopic (exact) mass is 390 g/mol. The van der Waals surface area contributed by atoms with Crippen LogP contribution in [0.15, 0.2) is 35.3 Å². The van der Waals surface area contributed by atoms with Crippen LogP contribution in [0.1, 0.15) is 18.3 Å². The van der Waals surface area contributed by atoms with Crippen molar-refractivity contribution in [3.05, 3.63) is 52.2 Å². The lowest BCUT2D eigenvalue weighted by molar-refractivity contribution is 0.484. The summed E-state index contributed by atoms with van der Waals surface area (Å²) >= 11 is 0. The van der Waals surface area contributed by atoms with Crippen molar-refractivity contribution in [2.45, 2.75) is 26.8 Å². The summed E-state index contributed by atoms with van der Waals surface area (Å²) in [5, 5.41) is 12.1. The number of anilines is 1. The largest absolute Gasteiger partial charge is 0.368 e. The van der Waals surface area contributed by atoms with E-state index in [4.69, 9.17) is 4.98 Å². The average Bonchev–Trinajstić information content (AvgIpc) is 3.07. The zero-order chi connectivity index (χ0) is 20.1. The lowest BCUT2D eigenvalue weighted by atomic mass is 10.2. The molecule has 0 amide bonds. The Bertz CT molecular complexity index is 1290. The van der Waals surface area contributed by atoms with E-state index < -0.39 is 0 Å². The Hall–Kier alpha value is -3.33. The molecule has 0 aromatic carbocycles. The van der Waals surface area contributed by atoms with Crippen LogP contribution < -0.4 is 15.8 Å². The van der Waals surface area contributed by atoms with E-state index in [1.807, 2.05) is 32.2 Å². The van der Waals surface area contributed by atoms with Gasteiger partial charge in [0.1, 0.15) is 17.2 Å². The molecule has 0 bridgehead atoms. The molecule has 1 atom stereocenters. The number of rotatable bonds is 2. The van der Waals surface area contributed by atoms with Gasteiger partial charge in [0.05, 0.1) is 11.4 Å². The summed E-state index contributed by atoms with van der Waals surface area (Å²) in [5.74, 6) is 0.645. The molecule has 1 aliphatic rings. The molecule has 5 heterocycles. The number of nitrogens with zero attached hydrogens (tertiary/aromatic N) is 7. The fraction of sp³-hybridized carbons (Fsp3) is 0.350. The van der Waals surface area contributed by atoms with Gasteiger partial charge in [0.2, 0.25) is 0 Å². The summed E-state index contributed by atoms with van der Waals surface area (Å²) in [6.07, 6.45) is 1.89. The van der Waals surface area contributed by atoms with Crippen LogP contribution in [0.5, 0.6) is 0 Å². The van der Waals surface area contributed by atoms with Gasteiger partial charge in [-0.2, -0.15) is 0 Å². The molecule has 1 aliphatic heterocycles. The Morgan fingerprint density at radius 3 is 2.79 bits per heavy atom. The van der Waals surface area contributed by atoms with Crippen molar-refractivity contribution in [3.63, 3.8) is 0 Å². The maximum atomic E-state index is 12.9. The molecule has 4 aromatic rings. The van der Waals surface area contributed by atoms with Crippen molar-refractivity contribution in [2.75, 3.05) is 24.5 Å². The second-order valence-corrected chi connectivity index (χ2v) is 7.58. The zero-order valence-corrected chi connectivity index (χ0v) is 16.6. The molecule has 9 nitrogen and oxygen atoms in total. The molecule has 4 aromatic heterocycles. The molecule has 0 unspecified atom stereocenters. The molecule has 0 radical (unpaired) electrons. The maximum Gasteiger partial charge on any atom is 0.258 e. The Labute approximate surface area is 167 Å². The van der Waals surface area contributed by atoms with Gasteiger partial charge in [0, 0.05) is 37.9 Å². The first-order valence-electron chi connectivity index (χ1n) is 9.71. The van der Waals surface area contributed by atoms with Crippen molar-refractivity contribution in [3.8, 4) is 11.4 Å². The molecule has 0 spiro atoms. The molecule has 5 rings (SSSR count). The number of hydrogen-bond donors (Lipinski definition) is 1. The molecule has 1 saturated heterocycles. The van der Waals surface area contributed by atoms with E-state index in [9.17, 15) is 4.79 Å². The molecule has 148 valence electrons. The van der Waals surface area contributed by atoms with Crippen LogP contribution in [0, 0.1) is 13.8 Å². The first-order valence-corrected chi connectivity index (χ1v) is 9.71. The van der Waals surface area contributed by atoms with Crippen molar-refractivity contribution < 1.29 is 0 Å². The SMILES string of the molecule is Cc1nc2ccc(-c3cc(=O)n4cc(N5CCN[C@H](C)C5)cc(C)c4n3)nn2n1. The first kappa shape index (κ1) is 17.7. The number of piperazine rings is 1. The van der Waals surface area contributed by atoms with E-state index in [1.165, 1.54) is 10.7 Å². The van der Waals surface area contributed by atoms with Gasteiger partial charge in [-0.25, -0.2) is 9.97 Å². The predicted octanol–water partition coefficient (Wildman–Crippen LogP) is 1.21. The minimum atomic E-state index is -0.130. The Kier molecular flexibility index (Phi) is 4.06. The third-order valence-electron chi connectivity index (χ3n) is 5.24. The van der Waals surface area contributed by atoms with Crippen LogP contribution in [0.3, 0.4) is 0 Å². The number of pyridine rings is 1. The van der Waals surface area contributed by atoms with Gasteiger partial charge in [0.25, 0.3) is 5.56 Å². The molecular formula is C20H22N8O. The van der Waals surface area contributed by atoms with Gasteiger partial charge >= 0.3 is 0 Å². The fourth-order valence-electron chi connectivity index (χ4n) is 3.85. The van der Waals surface area contributed by atoms with Crippen LogP contribution in [-0.4, -0.2) is 54.9 Å². The maximum absolute atomic E-state index is 12.9. The minimum Gasteiger partial charge on any atom is -0.368 e. The normalized spacial score (nSPS) is 17.3. The van der Waals surface area contributed by atoms with E-state index in [2.05, 4.69) is 38.4 Å². The molecule has 9 heteroatoms. The van der Waals surface area contributed by atoms with Crippen molar-refractivity contribution in [1.82, 2.24) is 34.5 Å². The van der Waals surface area contributed by atoms with Crippen molar-refractivity contribution in [1.29, 1.82) is 0 Å². The minimum absolute atomic E-state index is 0.130. The van der Waals surface area contributed by atoms with Crippen LogP contribution in [0.4, 0.5) is 5.69 Å². The molecule has 1 N–H and O–H groups in total. The van der Waals surface area contributed by atoms with Crippen LogP contribution in [0.2, 0.25) is 0 Å². The molecular weight excluding hydrogens is 368 g/mol. The highest BCUT2D eigenvalue weighted by Gasteiger charge is 2.18. The standard InChI is InChI=1S/C20H22N8O/c1-12-8-15(26-7-6-21-13(2)10-26)11-27-19(29)9-17(23-20(12)27)16-4-5-18-22-14(3)24-28(18)25-16/h4-5,8-9,11,13,21H,6-7,10H2,1-3H3/t13-/m1/s1. The van der Waals surface area contributed by atoms with E-state index in [-0.39, 0.29) is 5.56 Å². The number of hydrogen-bond acceptors (Lipinski definition) is 7. The molecule has 0 aliphatic carbocycles. The summed E-state index contributed by atoms with van der Waals surface area (Å²) in [5.41, 5.74) is 4.27. The molecule has 1 fully saturated rings. The first-order chi connectivity index (χ1) is 14.0. The average molecular weight is 390 g/mol. The highest BCUT2D eigenvalue weighted by atomic mass is 16.1. The van der Waals surface area contributed by atoms with Gasteiger partial charge in [-0.1, -0.05) is 0 Å². The van der Waals surface area contributed by atoms with E-state index in [1.54, 1.807) is 4.40 Å². The van der Waals surface area contributed by atoms with E-state index >= 15 is 0 Å². The van der Waals surface area contributed by atoms with Crippen LogP contribution in [0.25, 0.3) is 22.7 Å². The number of aryl methyl sites for hydroxylation is 2. The summed E-state index contributed by atoms with van der Waals surface area (Å²) in [7, 11) is 0. The highest BCUT2D eigenvalue weighted by Crippen LogP contribution is 2.21. The van der Waals surface area contributed by atoms with Gasteiger partial charge < -0.3 is 10.2 Å². The summed E-state index contributed by atoms with van der Waals surface area (Å²) in [4.78, 5) is 24.2. The van der Waals surface area contributed by atoms with E-state index in [0.29, 0.717) is 34.5 Å². The lowest BCUT2D eigenvalue weighted by Crippen LogP contribution is -2.49. The number of nitrogens with one attached hydrogen (secondary N) is 1. The van der Waals surface area contributed by atoms with Gasteiger partial charge in [-0.05, 0) is 44.5 Å². The molecule has 29 heavy (non-hydrogen) atoms. The van der Waals surface area contributed by atoms with Crippen LogP contribution in [-0.2, 0) is 0 Å². The Morgan fingerprint density at radius 1 is 1.10 bits per heavy atom. The van der Waals surface area contributed by atoms with Gasteiger partial charge in [-0.15, -0.1) is 14.8 Å². The van der Waals surface area contributed by atoms with Crippen molar-refractivity contribution >= 4 is 17.0 Å². The molecule has 0 saturated carbocycles. The lowest BCUT2D eigenvalue weighted by Gasteiger charge is -2.33. The summed E-state index contributed by atoms with van der Waals surface area (Å²) in [6, 6.07) is 7.68. The second-order valence-electron chi connectivity index (χ2n) is 7.58. The fourth-order valence-corrected chi connectivity index (χ4v) is 3.85. The summed E-state index contributed by atoms with van der Waals surface area (Å²) < 4.78 is 3.09. The van der Waals surface area contributed by atoms with Gasteiger partial charge in [0.15, 0.2) is 5.65 Å². The predicted molar refractivity (Wildman–Crippen MR) is 110 cm³/mol. The third-order valence-corrected chi connectivity index (χ3v) is 5.24. The van der Waals surface area contributed by atoms with Gasteiger partial charge in [-0.3, -0.25) is 9.20 Å².